The Morgan fingerprint density at radius 1 is 0.667 bits per heavy atom. The molecule has 6 heteroatoms. The van der Waals surface area contributed by atoms with Gasteiger partial charge < -0.3 is 0 Å². The predicted molar refractivity (Wildman–Crippen MR) is 117 cm³/mol. The normalized spacial score (nSPS) is 12.2. The zero-order valence-electron chi connectivity index (χ0n) is 15.3. The van der Waals surface area contributed by atoms with Crippen molar-refractivity contribution in [3.8, 4) is 11.1 Å². The third kappa shape index (κ3) is 3.08. The number of hydrogen-bond acceptors (Lipinski definition) is 1. The third-order valence-corrected chi connectivity index (χ3v) is 5.67. The molecule has 0 aliphatic carbocycles. The van der Waals surface area contributed by atoms with E-state index in [9.17, 15) is 13.2 Å². The molecule has 0 radical (unpaired) electrons. The molecule has 0 saturated carbocycles. The highest BCUT2D eigenvalue weighted by molar-refractivity contribution is 6.33. The zero-order valence-corrected chi connectivity index (χ0v) is 16.8. The van der Waals surface area contributed by atoms with E-state index in [-0.39, 0.29) is 5.39 Å². The van der Waals surface area contributed by atoms with Crippen molar-refractivity contribution in [2.75, 3.05) is 0 Å². The van der Waals surface area contributed by atoms with Gasteiger partial charge in [0.1, 0.15) is 0 Å². The van der Waals surface area contributed by atoms with Crippen LogP contribution in [0.5, 0.6) is 0 Å². The molecule has 0 atom stereocenters. The van der Waals surface area contributed by atoms with Crippen LogP contribution in [0.1, 0.15) is 5.69 Å². The summed E-state index contributed by atoms with van der Waals surface area (Å²) < 4.78 is 42.0. The van der Waals surface area contributed by atoms with E-state index in [1.165, 1.54) is 0 Å². The lowest BCUT2D eigenvalue weighted by atomic mass is 9.91. The van der Waals surface area contributed by atoms with Gasteiger partial charge in [-0.2, -0.15) is 13.2 Å². The van der Waals surface area contributed by atoms with Crippen LogP contribution in [0.3, 0.4) is 0 Å². The van der Waals surface area contributed by atoms with Crippen LogP contribution < -0.4 is 0 Å². The fourth-order valence-corrected chi connectivity index (χ4v) is 4.22. The number of aromatic nitrogens is 1. The SMILES string of the molecule is FC(F)(F)c1nc2ccccc2c2c1cc(-c1ccc(Cl)cc1)c1cc(Cl)ccc12. The molecule has 1 heterocycles. The maximum atomic E-state index is 14.0. The van der Waals surface area contributed by atoms with Gasteiger partial charge in [-0.25, -0.2) is 4.98 Å². The molecule has 0 spiro atoms. The highest BCUT2D eigenvalue weighted by Gasteiger charge is 2.35. The number of rotatable bonds is 1. The van der Waals surface area contributed by atoms with Gasteiger partial charge in [0.25, 0.3) is 0 Å². The standard InChI is InChI=1S/C24H12Cl2F3N/c25-14-7-5-13(6-8-14)18-12-20-22(16-10-9-15(26)11-19(16)18)17-3-1-2-4-21(17)30-23(20)24(27,28)29/h1-12H. The minimum atomic E-state index is -4.60. The first-order chi connectivity index (χ1) is 14.3. The Bertz CT molecular complexity index is 1440. The molecule has 1 aromatic heterocycles. The summed E-state index contributed by atoms with van der Waals surface area (Å²) in [5.41, 5.74) is 0.783. The Hall–Kier alpha value is -2.82. The number of pyridine rings is 1. The zero-order chi connectivity index (χ0) is 21.0. The minimum Gasteiger partial charge on any atom is -0.243 e. The summed E-state index contributed by atoms with van der Waals surface area (Å²) in [4.78, 5) is 3.98. The van der Waals surface area contributed by atoms with Gasteiger partial charge in [0, 0.05) is 26.2 Å². The topological polar surface area (TPSA) is 12.9 Å². The summed E-state index contributed by atoms with van der Waals surface area (Å²) in [6, 6.07) is 20.7. The van der Waals surface area contributed by atoms with Gasteiger partial charge in [0.15, 0.2) is 5.69 Å². The first-order valence-electron chi connectivity index (χ1n) is 9.11. The lowest BCUT2D eigenvalue weighted by molar-refractivity contribution is -0.139. The highest BCUT2D eigenvalue weighted by atomic mass is 35.5. The van der Waals surface area contributed by atoms with Crippen molar-refractivity contribution in [2.45, 2.75) is 6.18 Å². The molecule has 148 valence electrons. The largest absolute Gasteiger partial charge is 0.433 e. The van der Waals surface area contributed by atoms with Gasteiger partial charge in [0.2, 0.25) is 0 Å². The first-order valence-corrected chi connectivity index (χ1v) is 9.86. The van der Waals surface area contributed by atoms with Crippen LogP contribution in [0, 0.1) is 0 Å². The lowest BCUT2D eigenvalue weighted by Gasteiger charge is -2.17. The molecule has 30 heavy (non-hydrogen) atoms. The fraction of sp³-hybridized carbons (Fsp3) is 0.0417. The van der Waals surface area contributed by atoms with E-state index < -0.39 is 11.9 Å². The van der Waals surface area contributed by atoms with Crippen LogP contribution >= 0.6 is 23.2 Å². The molecule has 0 aliphatic rings. The number of halogens is 5. The molecule has 0 N–H and O–H groups in total. The van der Waals surface area contributed by atoms with E-state index in [1.54, 1.807) is 72.8 Å². The molecular formula is C24H12Cl2F3N. The first kappa shape index (κ1) is 19.2. The van der Waals surface area contributed by atoms with Gasteiger partial charge in [0.05, 0.1) is 5.52 Å². The molecular weight excluding hydrogens is 430 g/mol. The summed E-state index contributed by atoms with van der Waals surface area (Å²) in [6.45, 7) is 0. The molecule has 0 fully saturated rings. The van der Waals surface area contributed by atoms with E-state index in [0.717, 1.165) is 10.9 Å². The molecule has 0 saturated heterocycles. The Morgan fingerprint density at radius 3 is 2.10 bits per heavy atom. The molecule has 5 aromatic rings. The number of hydrogen-bond donors (Lipinski definition) is 0. The summed E-state index contributed by atoms with van der Waals surface area (Å²) in [6.07, 6.45) is -4.60. The number of benzene rings is 4. The van der Waals surface area contributed by atoms with Crippen LogP contribution in [-0.2, 0) is 6.18 Å². The van der Waals surface area contributed by atoms with Crippen molar-refractivity contribution in [1.82, 2.24) is 4.98 Å². The van der Waals surface area contributed by atoms with Gasteiger partial charge in [-0.05, 0) is 58.3 Å². The summed E-state index contributed by atoms with van der Waals surface area (Å²) in [5, 5.41) is 3.73. The molecule has 0 aliphatic heterocycles. The van der Waals surface area contributed by atoms with Crippen LogP contribution in [0.25, 0.3) is 43.6 Å². The van der Waals surface area contributed by atoms with Gasteiger partial charge in [-0.3, -0.25) is 0 Å². The van der Waals surface area contributed by atoms with Gasteiger partial charge in [-0.15, -0.1) is 0 Å². The maximum absolute atomic E-state index is 14.0. The van der Waals surface area contributed by atoms with E-state index >= 15 is 0 Å². The fourth-order valence-electron chi connectivity index (χ4n) is 3.92. The number of fused-ring (bicyclic) bond motifs is 5. The second-order valence-electron chi connectivity index (χ2n) is 7.02. The van der Waals surface area contributed by atoms with E-state index in [1.807, 2.05) is 0 Å². The molecule has 0 unspecified atom stereocenters. The summed E-state index contributed by atoms with van der Waals surface area (Å²) in [5.74, 6) is 0. The van der Waals surface area contributed by atoms with Crippen molar-refractivity contribution < 1.29 is 13.2 Å². The number of nitrogens with zero attached hydrogens (tertiary/aromatic N) is 1. The van der Waals surface area contributed by atoms with Crippen molar-refractivity contribution in [3.63, 3.8) is 0 Å². The maximum Gasteiger partial charge on any atom is 0.433 e. The highest BCUT2D eigenvalue weighted by Crippen LogP contribution is 2.43. The van der Waals surface area contributed by atoms with E-state index in [2.05, 4.69) is 4.98 Å². The second kappa shape index (κ2) is 6.86. The molecule has 1 nitrogen and oxygen atoms in total. The van der Waals surface area contributed by atoms with Crippen LogP contribution in [0.2, 0.25) is 10.0 Å². The molecule has 5 rings (SSSR count). The van der Waals surface area contributed by atoms with Crippen molar-refractivity contribution >= 4 is 55.6 Å². The van der Waals surface area contributed by atoms with Crippen molar-refractivity contribution in [1.29, 1.82) is 0 Å². The summed E-state index contributed by atoms with van der Waals surface area (Å²) >= 11 is 12.3. The molecule has 0 bridgehead atoms. The smallest absolute Gasteiger partial charge is 0.243 e. The summed E-state index contributed by atoms with van der Waals surface area (Å²) in [7, 11) is 0. The Balaban J connectivity index is 2.05. The van der Waals surface area contributed by atoms with Gasteiger partial charge >= 0.3 is 6.18 Å². The number of alkyl halides is 3. The monoisotopic (exact) mass is 441 g/mol. The number of para-hydroxylation sites is 1. The third-order valence-electron chi connectivity index (χ3n) is 5.18. The second-order valence-corrected chi connectivity index (χ2v) is 7.89. The minimum absolute atomic E-state index is 0.0565. The van der Waals surface area contributed by atoms with Crippen molar-refractivity contribution in [2.24, 2.45) is 0 Å². The van der Waals surface area contributed by atoms with E-state index in [4.69, 9.17) is 23.2 Å². The Kier molecular flexibility index (Phi) is 4.38. The van der Waals surface area contributed by atoms with Crippen LogP contribution in [0.15, 0.2) is 72.8 Å². The lowest BCUT2D eigenvalue weighted by Crippen LogP contribution is -2.09. The van der Waals surface area contributed by atoms with Crippen LogP contribution in [-0.4, -0.2) is 4.98 Å². The average Bonchev–Trinajstić information content (AvgIpc) is 2.72. The predicted octanol–water partition coefficient (Wildman–Crippen LogP) is 8.53. The van der Waals surface area contributed by atoms with Crippen LogP contribution in [0.4, 0.5) is 13.2 Å². The van der Waals surface area contributed by atoms with Crippen molar-refractivity contribution in [3.05, 3.63) is 88.5 Å². The molecule has 0 amide bonds. The Labute approximate surface area is 179 Å². The molecule has 4 aromatic carbocycles. The quantitative estimate of drug-likeness (QED) is 0.237. The van der Waals surface area contributed by atoms with E-state index in [0.29, 0.717) is 37.3 Å². The van der Waals surface area contributed by atoms with Gasteiger partial charge in [-0.1, -0.05) is 59.6 Å². The Morgan fingerprint density at radius 2 is 1.37 bits per heavy atom. The average molecular weight is 442 g/mol.